The maximum atomic E-state index is 13.5. The highest BCUT2D eigenvalue weighted by Crippen LogP contribution is 2.41. The van der Waals surface area contributed by atoms with E-state index in [4.69, 9.17) is 4.74 Å². The third-order valence-corrected chi connectivity index (χ3v) is 9.29. The number of halogens is 1. The molecule has 1 aliphatic rings. The monoisotopic (exact) mass is 553 g/mol. The van der Waals surface area contributed by atoms with Crippen molar-refractivity contribution in [2.45, 2.75) is 56.9 Å². The van der Waals surface area contributed by atoms with Crippen LogP contribution in [0.1, 0.15) is 44.2 Å². The number of hydrogen-bond donors (Lipinski definition) is 0. The Bertz CT molecular complexity index is 1600. The molecule has 0 N–H and O–H groups in total. The average molecular weight is 554 g/mol. The maximum Gasteiger partial charge on any atom is 0.316 e. The quantitative estimate of drug-likeness (QED) is 0.301. The van der Waals surface area contributed by atoms with Gasteiger partial charge in [0.1, 0.15) is 10.7 Å². The van der Waals surface area contributed by atoms with Crippen LogP contribution in [0.5, 0.6) is 0 Å². The van der Waals surface area contributed by atoms with E-state index in [0.717, 1.165) is 34.1 Å². The topological polar surface area (TPSA) is 99.3 Å². The molecule has 0 saturated carbocycles. The molecule has 0 radical (unpaired) electrons. The molecule has 0 spiro atoms. The molecule has 39 heavy (non-hydrogen) atoms. The summed E-state index contributed by atoms with van der Waals surface area (Å²) in [5.74, 6) is -0.681. The normalized spacial score (nSPS) is 16.0. The third kappa shape index (κ3) is 4.85. The fourth-order valence-electron chi connectivity index (χ4n) is 5.42. The van der Waals surface area contributed by atoms with Gasteiger partial charge in [-0.05, 0) is 80.6 Å². The number of carbonyl (C=O) groups excluding carboxylic acids is 1. The molecule has 0 amide bonds. The summed E-state index contributed by atoms with van der Waals surface area (Å²) in [5, 5.41) is 9.50. The van der Waals surface area contributed by atoms with Crippen LogP contribution in [0.3, 0.4) is 0 Å². The first-order chi connectivity index (χ1) is 18.7. The van der Waals surface area contributed by atoms with Gasteiger partial charge in [0.2, 0.25) is 10.0 Å². The molecule has 2 aromatic carbocycles. The van der Waals surface area contributed by atoms with Crippen molar-refractivity contribution >= 4 is 26.9 Å². The molecular weight excluding hydrogens is 521 g/mol. The number of nitrogens with zero attached hydrogens (tertiary/aromatic N) is 5. The van der Waals surface area contributed by atoms with Crippen LogP contribution in [0, 0.1) is 12.7 Å². The fraction of sp³-hybridized carbons (Fsp3) is 0.393. The molecule has 206 valence electrons. The Morgan fingerprint density at radius 2 is 1.79 bits per heavy atom. The minimum absolute atomic E-state index is 0.158. The highest BCUT2D eigenvalue weighted by atomic mass is 32.2. The van der Waals surface area contributed by atoms with E-state index in [1.807, 2.05) is 26.0 Å². The minimum Gasteiger partial charge on any atom is -0.465 e. The Morgan fingerprint density at radius 3 is 2.46 bits per heavy atom. The van der Waals surface area contributed by atoms with E-state index in [1.165, 1.54) is 22.6 Å². The van der Waals surface area contributed by atoms with Gasteiger partial charge in [0.05, 0.1) is 35.6 Å². The van der Waals surface area contributed by atoms with Gasteiger partial charge in [-0.2, -0.15) is 14.5 Å². The van der Waals surface area contributed by atoms with Gasteiger partial charge < -0.3 is 4.74 Å². The summed E-state index contributed by atoms with van der Waals surface area (Å²) in [6.45, 7) is 6.91. The van der Waals surface area contributed by atoms with Crippen LogP contribution in [0.2, 0.25) is 0 Å². The van der Waals surface area contributed by atoms with E-state index < -0.39 is 15.4 Å². The van der Waals surface area contributed by atoms with Crippen LogP contribution in [0.25, 0.3) is 16.6 Å². The first kappa shape index (κ1) is 27.0. The summed E-state index contributed by atoms with van der Waals surface area (Å²) in [4.78, 5) is 13.7. The van der Waals surface area contributed by atoms with Crippen LogP contribution < -0.4 is 0 Å². The van der Waals surface area contributed by atoms with Crippen molar-refractivity contribution in [2.75, 3.05) is 19.7 Å². The number of hydrogen-bond acceptors (Lipinski definition) is 6. The lowest BCUT2D eigenvalue weighted by atomic mass is 9.71. The second kappa shape index (κ2) is 10.5. The predicted octanol–water partition coefficient (Wildman–Crippen LogP) is 4.37. The molecule has 5 rings (SSSR count). The molecular formula is C28H32FN5O4S. The molecule has 0 atom stereocenters. The number of benzene rings is 2. The summed E-state index contributed by atoms with van der Waals surface area (Å²) >= 11 is 0. The van der Waals surface area contributed by atoms with Gasteiger partial charge in [-0.15, -0.1) is 0 Å². The van der Waals surface area contributed by atoms with Gasteiger partial charge in [-0.25, -0.2) is 17.5 Å². The number of ether oxygens (including phenoxy) is 1. The molecule has 1 saturated heterocycles. The molecule has 2 aromatic heterocycles. The van der Waals surface area contributed by atoms with Gasteiger partial charge in [-0.3, -0.25) is 9.48 Å². The molecule has 3 heterocycles. The van der Waals surface area contributed by atoms with Crippen molar-refractivity contribution in [3.8, 4) is 5.69 Å². The number of sulfonamides is 1. The number of carbonyl (C=O) groups is 1. The smallest absolute Gasteiger partial charge is 0.316 e. The van der Waals surface area contributed by atoms with Crippen LogP contribution in [0.4, 0.5) is 4.39 Å². The fourth-order valence-corrected chi connectivity index (χ4v) is 6.82. The molecule has 11 heteroatoms. The number of aryl methyl sites for hydroxylation is 2. The van der Waals surface area contributed by atoms with E-state index in [9.17, 15) is 17.6 Å². The van der Waals surface area contributed by atoms with E-state index in [2.05, 4.69) is 10.2 Å². The second-order valence-electron chi connectivity index (χ2n) is 9.90. The molecule has 0 bridgehead atoms. The van der Waals surface area contributed by atoms with Crippen molar-refractivity contribution < 1.29 is 22.3 Å². The molecule has 9 nitrogen and oxygen atoms in total. The summed E-state index contributed by atoms with van der Waals surface area (Å²) in [6.07, 6.45) is 6.07. The van der Waals surface area contributed by atoms with Gasteiger partial charge in [0.25, 0.3) is 0 Å². The number of aromatic nitrogens is 4. The van der Waals surface area contributed by atoms with Crippen molar-refractivity contribution in [2.24, 2.45) is 0 Å². The van der Waals surface area contributed by atoms with E-state index >= 15 is 0 Å². The molecule has 1 fully saturated rings. The van der Waals surface area contributed by atoms with Gasteiger partial charge >= 0.3 is 5.97 Å². The highest BCUT2D eigenvalue weighted by Gasteiger charge is 2.47. The molecule has 0 unspecified atom stereocenters. The van der Waals surface area contributed by atoms with Crippen LogP contribution in [0.15, 0.2) is 59.9 Å². The summed E-state index contributed by atoms with van der Waals surface area (Å²) in [5.41, 5.74) is 2.23. The van der Waals surface area contributed by atoms with Crippen molar-refractivity contribution in [1.82, 2.24) is 23.9 Å². The zero-order valence-electron chi connectivity index (χ0n) is 22.3. The number of esters is 1. The van der Waals surface area contributed by atoms with Gasteiger partial charge in [0.15, 0.2) is 0 Å². The summed E-state index contributed by atoms with van der Waals surface area (Å²) in [7, 11) is -3.75. The number of piperidine rings is 1. The zero-order chi connectivity index (χ0) is 27.8. The van der Waals surface area contributed by atoms with Gasteiger partial charge in [-0.1, -0.05) is 6.92 Å². The van der Waals surface area contributed by atoms with Crippen LogP contribution in [-0.2, 0) is 31.5 Å². The minimum atomic E-state index is -3.75. The third-order valence-electron chi connectivity index (χ3n) is 7.44. The maximum absolute atomic E-state index is 13.5. The molecule has 1 aliphatic heterocycles. The largest absolute Gasteiger partial charge is 0.465 e. The van der Waals surface area contributed by atoms with E-state index in [1.54, 1.807) is 40.8 Å². The Hall–Kier alpha value is -3.57. The first-order valence-electron chi connectivity index (χ1n) is 13.1. The zero-order valence-corrected chi connectivity index (χ0v) is 23.1. The van der Waals surface area contributed by atoms with Crippen molar-refractivity contribution in [3.05, 3.63) is 71.9 Å². The Kier molecular flexibility index (Phi) is 7.30. The number of fused-ring (bicyclic) bond motifs is 1. The Morgan fingerprint density at radius 1 is 1.08 bits per heavy atom. The molecule has 4 aromatic rings. The SMILES string of the molecule is CCCn1cc(S(=O)(=O)N2CCC(C(=O)OCC)(c3cc4cnn(-c5ccc(F)cc5)c4cc3C)CC2)cn1. The first-order valence-corrected chi connectivity index (χ1v) is 14.6. The average Bonchev–Trinajstić information content (AvgIpc) is 3.57. The lowest BCUT2D eigenvalue weighted by Crippen LogP contribution is -2.50. The lowest BCUT2D eigenvalue weighted by molar-refractivity contribution is -0.152. The predicted molar refractivity (Wildman–Crippen MR) is 145 cm³/mol. The van der Waals surface area contributed by atoms with Crippen LogP contribution >= 0.6 is 0 Å². The van der Waals surface area contributed by atoms with Crippen LogP contribution in [-0.4, -0.2) is 57.9 Å². The number of rotatable bonds is 8. The Balaban J connectivity index is 1.48. The standard InChI is InChI=1S/C28H32FN5O4S/c1-4-12-32-19-24(18-30-32)39(36,37)33-13-10-28(11-14-33,27(35)38-5-2)25-16-21-17-31-34(26(21)15-20(25)3)23-8-6-22(29)7-9-23/h6-9,15-19H,4-5,10-14H2,1-3H3. The highest BCUT2D eigenvalue weighted by molar-refractivity contribution is 7.89. The summed E-state index contributed by atoms with van der Waals surface area (Å²) in [6, 6.07) is 10.0. The molecule has 0 aliphatic carbocycles. The summed E-state index contributed by atoms with van der Waals surface area (Å²) < 4.78 is 50.5. The Labute approximate surface area is 227 Å². The second-order valence-corrected chi connectivity index (χ2v) is 11.8. The lowest BCUT2D eigenvalue weighted by Gasteiger charge is -2.40. The van der Waals surface area contributed by atoms with Crippen molar-refractivity contribution in [3.63, 3.8) is 0 Å². The van der Waals surface area contributed by atoms with Gasteiger partial charge in [0, 0.05) is 31.2 Å². The van der Waals surface area contributed by atoms with E-state index in [0.29, 0.717) is 6.54 Å². The van der Waals surface area contributed by atoms with E-state index in [-0.39, 0.29) is 49.2 Å². The van der Waals surface area contributed by atoms with Crippen molar-refractivity contribution in [1.29, 1.82) is 0 Å².